The summed E-state index contributed by atoms with van der Waals surface area (Å²) in [5.41, 5.74) is 3.62. The van der Waals surface area contributed by atoms with Crippen LogP contribution in [0.1, 0.15) is 52.6 Å². The molecule has 0 atom stereocenters. The molecule has 0 saturated heterocycles. The van der Waals surface area contributed by atoms with Gasteiger partial charge in [-0.2, -0.15) is 0 Å². The third-order valence-electron chi connectivity index (χ3n) is 4.29. The van der Waals surface area contributed by atoms with Gasteiger partial charge in [0.15, 0.2) is 5.69 Å². The van der Waals surface area contributed by atoms with Crippen LogP contribution < -0.4 is 5.32 Å². The highest BCUT2D eigenvalue weighted by atomic mass is 35.5. The molecule has 25 heavy (non-hydrogen) atoms. The first-order valence-electron chi connectivity index (χ1n) is 8.41. The molecule has 1 saturated carbocycles. The predicted molar refractivity (Wildman–Crippen MR) is 99.8 cm³/mol. The molecule has 1 aromatic carbocycles. The zero-order chi connectivity index (χ0) is 17.8. The van der Waals surface area contributed by atoms with Crippen molar-refractivity contribution < 1.29 is 9.32 Å². The summed E-state index contributed by atoms with van der Waals surface area (Å²) in [7, 11) is 0. The Hall–Kier alpha value is -2.33. The SMILES string of the molecule is C=C/C=C(/CCNC(=O)c1cc(C2CC2)on1)c1cc(Cl)ccc1C. The smallest absolute Gasteiger partial charge is 0.273 e. The van der Waals surface area contributed by atoms with Gasteiger partial charge in [0.2, 0.25) is 0 Å². The van der Waals surface area contributed by atoms with E-state index in [1.165, 1.54) is 0 Å². The van der Waals surface area contributed by atoms with Gasteiger partial charge in [-0.25, -0.2) is 0 Å². The molecule has 0 aliphatic heterocycles. The minimum Gasteiger partial charge on any atom is -0.360 e. The van der Waals surface area contributed by atoms with Gasteiger partial charge < -0.3 is 9.84 Å². The molecule has 1 aliphatic carbocycles. The van der Waals surface area contributed by atoms with E-state index in [1.807, 2.05) is 31.2 Å². The largest absolute Gasteiger partial charge is 0.360 e. The van der Waals surface area contributed by atoms with E-state index in [9.17, 15) is 4.79 Å². The number of carbonyl (C=O) groups excluding carboxylic acids is 1. The maximum atomic E-state index is 12.2. The van der Waals surface area contributed by atoms with Gasteiger partial charge in [-0.15, -0.1) is 0 Å². The van der Waals surface area contributed by atoms with E-state index in [0.29, 0.717) is 29.6 Å². The van der Waals surface area contributed by atoms with E-state index in [1.54, 1.807) is 12.1 Å². The zero-order valence-corrected chi connectivity index (χ0v) is 15.0. The van der Waals surface area contributed by atoms with Crippen LogP contribution in [0.25, 0.3) is 5.57 Å². The van der Waals surface area contributed by atoms with E-state index >= 15 is 0 Å². The summed E-state index contributed by atoms with van der Waals surface area (Å²) in [4.78, 5) is 12.2. The Labute approximate surface area is 152 Å². The number of benzene rings is 1. The van der Waals surface area contributed by atoms with Gasteiger partial charge in [-0.1, -0.05) is 41.6 Å². The predicted octanol–water partition coefficient (Wildman–Crippen LogP) is 4.90. The van der Waals surface area contributed by atoms with E-state index in [2.05, 4.69) is 17.1 Å². The van der Waals surface area contributed by atoms with Crippen LogP contribution in [0.15, 0.2) is 47.5 Å². The molecule has 5 heteroatoms. The summed E-state index contributed by atoms with van der Waals surface area (Å²) < 4.78 is 5.22. The summed E-state index contributed by atoms with van der Waals surface area (Å²) in [5, 5.41) is 7.44. The molecule has 4 nitrogen and oxygen atoms in total. The number of rotatable bonds is 7. The van der Waals surface area contributed by atoms with Crippen molar-refractivity contribution in [3.05, 3.63) is 70.6 Å². The van der Waals surface area contributed by atoms with E-state index < -0.39 is 0 Å². The minimum atomic E-state index is -0.212. The third-order valence-corrected chi connectivity index (χ3v) is 4.52. The summed E-state index contributed by atoms with van der Waals surface area (Å²) in [6.07, 6.45) is 6.60. The molecule has 1 fully saturated rings. The summed E-state index contributed by atoms with van der Waals surface area (Å²) in [6.45, 7) is 6.31. The Morgan fingerprint density at radius 2 is 2.24 bits per heavy atom. The van der Waals surface area contributed by atoms with Crippen molar-refractivity contribution in [2.45, 2.75) is 32.1 Å². The Balaban J connectivity index is 1.61. The zero-order valence-electron chi connectivity index (χ0n) is 14.2. The second kappa shape index (κ2) is 7.70. The number of amides is 1. The number of carbonyl (C=O) groups is 1. The lowest BCUT2D eigenvalue weighted by atomic mass is 9.97. The first-order chi connectivity index (χ1) is 12.1. The Morgan fingerprint density at radius 1 is 1.44 bits per heavy atom. The fourth-order valence-electron chi connectivity index (χ4n) is 2.75. The van der Waals surface area contributed by atoms with Crippen molar-refractivity contribution in [3.63, 3.8) is 0 Å². The molecule has 0 bridgehead atoms. The molecule has 1 heterocycles. The standard InChI is InChI=1S/C20H21ClN2O2/c1-3-4-14(17-11-16(21)8-5-13(17)2)9-10-22-20(24)18-12-19(25-23-18)15-6-7-15/h3-5,8,11-12,15H,1,6-7,9-10H2,2H3,(H,22,24)/b14-4-. The average Bonchev–Trinajstić information content (AvgIpc) is 3.33. The van der Waals surface area contributed by atoms with Gasteiger partial charge in [0.05, 0.1) is 0 Å². The minimum absolute atomic E-state index is 0.212. The summed E-state index contributed by atoms with van der Waals surface area (Å²) in [5.74, 6) is 1.05. The number of allylic oxidation sites excluding steroid dienone is 2. The number of nitrogens with one attached hydrogen (secondary N) is 1. The number of aryl methyl sites for hydroxylation is 1. The third kappa shape index (κ3) is 4.40. The van der Waals surface area contributed by atoms with Crippen LogP contribution in [0.3, 0.4) is 0 Å². The average molecular weight is 357 g/mol. The molecule has 1 aliphatic rings. The van der Waals surface area contributed by atoms with Crippen molar-refractivity contribution in [1.82, 2.24) is 10.5 Å². The lowest BCUT2D eigenvalue weighted by Gasteiger charge is -2.11. The van der Waals surface area contributed by atoms with Gasteiger partial charge in [0, 0.05) is 23.6 Å². The lowest BCUT2D eigenvalue weighted by molar-refractivity contribution is 0.0945. The lowest BCUT2D eigenvalue weighted by Crippen LogP contribution is -2.24. The van der Waals surface area contributed by atoms with Gasteiger partial charge in [0.25, 0.3) is 5.91 Å². The van der Waals surface area contributed by atoms with E-state index in [-0.39, 0.29) is 5.91 Å². The molecule has 0 spiro atoms. The van der Waals surface area contributed by atoms with Crippen molar-refractivity contribution in [3.8, 4) is 0 Å². The van der Waals surface area contributed by atoms with Crippen LogP contribution in [0, 0.1) is 6.92 Å². The van der Waals surface area contributed by atoms with Crippen molar-refractivity contribution in [1.29, 1.82) is 0 Å². The number of nitrogens with zero attached hydrogens (tertiary/aromatic N) is 1. The maximum absolute atomic E-state index is 12.2. The first kappa shape index (κ1) is 17.5. The summed E-state index contributed by atoms with van der Waals surface area (Å²) in [6, 6.07) is 7.54. The molecule has 1 N–H and O–H groups in total. The first-order valence-corrected chi connectivity index (χ1v) is 8.79. The normalized spacial score (nSPS) is 14.4. The number of aromatic nitrogens is 1. The fourth-order valence-corrected chi connectivity index (χ4v) is 2.92. The molecular formula is C20H21ClN2O2. The second-order valence-electron chi connectivity index (χ2n) is 6.28. The van der Waals surface area contributed by atoms with Crippen molar-refractivity contribution in [2.24, 2.45) is 0 Å². The summed E-state index contributed by atoms with van der Waals surface area (Å²) >= 11 is 6.12. The molecule has 2 aromatic rings. The molecular weight excluding hydrogens is 336 g/mol. The molecule has 3 rings (SSSR count). The van der Waals surface area contributed by atoms with Crippen molar-refractivity contribution in [2.75, 3.05) is 6.54 Å². The van der Waals surface area contributed by atoms with E-state index in [0.717, 1.165) is 35.3 Å². The Morgan fingerprint density at radius 3 is 2.96 bits per heavy atom. The monoisotopic (exact) mass is 356 g/mol. The van der Waals surface area contributed by atoms with Gasteiger partial charge in [-0.3, -0.25) is 4.79 Å². The fraction of sp³-hybridized carbons (Fsp3) is 0.300. The van der Waals surface area contributed by atoms with Crippen LogP contribution in [0.5, 0.6) is 0 Å². The molecule has 0 radical (unpaired) electrons. The number of hydrogen-bond donors (Lipinski definition) is 1. The van der Waals surface area contributed by atoms with E-state index in [4.69, 9.17) is 16.1 Å². The van der Waals surface area contributed by atoms with Gasteiger partial charge >= 0.3 is 0 Å². The van der Waals surface area contributed by atoms with Crippen LogP contribution in [0.4, 0.5) is 0 Å². The van der Waals surface area contributed by atoms with Crippen molar-refractivity contribution >= 4 is 23.1 Å². The van der Waals surface area contributed by atoms with Gasteiger partial charge in [-0.05, 0) is 55.0 Å². The van der Waals surface area contributed by atoms with Crippen LogP contribution >= 0.6 is 11.6 Å². The number of hydrogen-bond acceptors (Lipinski definition) is 3. The molecule has 1 aromatic heterocycles. The van der Waals surface area contributed by atoms with Crippen LogP contribution in [-0.4, -0.2) is 17.6 Å². The van der Waals surface area contributed by atoms with Crippen LogP contribution in [-0.2, 0) is 0 Å². The maximum Gasteiger partial charge on any atom is 0.273 e. The Bertz CT molecular complexity index is 819. The quantitative estimate of drug-likeness (QED) is 0.717. The molecule has 130 valence electrons. The highest BCUT2D eigenvalue weighted by molar-refractivity contribution is 6.30. The molecule has 0 unspecified atom stereocenters. The topological polar surface area (TPSA) is 55.1 Å². The highest BCUT2D eigenvalue weighted by Crippen LogP contribution is 2.40. The van der Waals surface area contributed by atoms with Crippen LogP contribution in [0.2, 0.25) is 5.02 Å². The van der Waals surface area contributed by atoms with Gasteiger partial charge in [0.1, 0.15) is 5.76 Å². The molecule has 1 amide bonds. The number of halogens is 1. The second-order valence-corrected chi connectivity index (χ2v) is 6.72. The highest BCUT2D eigenvalue weighted by Gasteiger charge is 2.28. The Kier molecular flexibility index (Phi) is 5.39.